The standard InChI is InChI=1S/C14H13F2N3O2S/c1-7(10-5-9(15)3-4-11(10)16)17-13(21)12-6-22-14(19-12)18-8(2)20/h3-7H,1-2H3,(H,17,21)(H,18,19,20). The van der Waals surface area contributed by atoms with Crippen molar-refractivity contribution in [3.63, 3.8) is 0 Å². The summed E-state index contributed by atoms with van der Waals surface area (Å²) < 4.78 is 26.8. The van der Waals surface area contributed by atoms with Crippen molar-refractivity contribution in [1.82, 2.24) is 10.3 Å². The van der Waals surface area contributed by atoms with Gasteiger partial charge in [0.25, 0.3) is 5.91 Å². The van der Waals surface area contributed by atoms with Crippen molar-refractivity contribution in [3.05, 3.63) is 46.5 Å². The number of hydrogen-bond acceptors (Lipinski definition) is 4. The topological polar surface area (TPSA) is 71.1 Å². The van der Waals surface area contributed by atoms with Crippen molar-refractivity contribution in [1.29, 1.82) is 0 Å². The summed E-state index contributed by atoms with van der Waals surface area (Å²) in [6.07, 6.45) is 0. The minimum atomic E-state index is -0.728. The van der Waals surface area contributed by atoms with Crippen LogP contribution in [0.3, 0.4) is 0 Å². The van der Waals surface area contributed by atoms with E-state index in [1.807, 2.05) is 0 Å². The fraction of sp³-hybridized carbons (Fsp3) is 0.214. The van der Waals surface area contributed by atoms with Crippen LogP contribution in [0.15, 0.2) is 23.6 Å². The Morgan fingerprint density at radius 3 is 2.73 bits per heavy atom. The maximum atomic E-state index is 13.6. The van der Waals surface area contributed by atoms with Crippen molar-refractivity contribution in [3.8, 4) is 0 Å². The van der Waals surface area contributed by atoms with Gasteiger partial charge in [-0.2, -0.15) is 0 Å². The lowest BCUT2D eigenvalue weighted by Gasteiger charge is -2.14. The second-order valence-electron chi connectivity index (χ2n) is 4.58. The number of nitrogens with one attached hydrogen (secondary N) is 2. The third kappa shape index (κ3) is 3.85. The van der Waals surface area contributed by atoms with Crippen LogP contribution < -0.4 is 10.6 Å². The Kier molecular flexibility index (Phi) is 4.81. The first-order valence-electron chi connectivity index (χ1n) is 6.35. The predicted molar refractivity (Wildman–Crippen MR) is 78.7 cm³/mol. The number of nitrogens with zero attached hydrogens (tertiary/aromatic N) is 1. The summed E-state index contributed by atoms with van der Waals surface area (Å²) in [5.74, 6) is -2.02. The third-order valence-corrected chi connectivity index (χ3v) is 3.55. The van der Waals surface area contributed by atoms with Gasteiger partial charge in [0.05, 0.1) is 6.04 Å². The summed E-state index contributed by atoms with van der Waals surface area (Å²) in [6, 6.07) is 2.32. The predicted octanol–water partition coefficient (Wildman–Crippen LogP) is 2.87. The van der Waals surface area contributed by atoms with E-state index in [-0.39, 0.29) is 17.2 Å². The average molecular weight is 325 g/mol. The summed E-state index contributed by atoms with van der Waals surface area (Å²) >= 11 is 1.10. The molecule has 0 aliphatic rings. The SMILES string of the molecule is CC(=O)Nc1nc(C(=O)NC(C)c2cc(F)ccc2F)cs1. The molecule has 1 heterocycles. The highest BCUT2D eigenvalue weighted by atomic mass is 32.1. The van der Waals surface area contributed by atoms with Crippen LogP contribution >= 0.6 is 11.3 Å². The molecule has 2 aromatic rings. The molecule has 0 aliphatic heterocycles. The first-order valence-corrected chi connectivity index (χ1v) is 7.23. The van der Waals surface area contributed by atoms with Crippen LogP contribution in [-0.2, 0) is 4.79 Å². The molecular formula is C14H13F2N3O2S. The number of amides is 2. The van der Waals surface area contributed by atoms with E-state index < -0.39 is 23.6 Å². The van der Waals surface area contributed by atoms with E-state index in [4.69, 9.17) is 0 Å². The summed E-state index contributed by atoms with van der Waals surface area (Å²) in [7, 11) is 0. The number of benzene rings is 1. The van der Waals surface area contributed by atoms with E-state index in [9.17, 15) is 18.4 Å². The third-order valence-electron chi connectivity index (χ3n) is 2.79. The van der Waals surface area contributed by atoms with Gasteiger partial charge in [-0.15, -0.1) is 11.3 Å². The van der Waals surface area contributed by atoms with E-state index in [2.05, 4.69) is 15.6 Å². The molecule has 1 aromatic heterocycles. The summed E-state index contributed by atoms with van der Waals surface area (Å²) in [5.41, 5.74) is 0.142. The molecule has 22 heavy (non-hydrogen) atoms. The number of hydrogen-bond donors (Lipinski definition) is 2. The molecule has 2 rings (SSSR count). The first kappa shape index (κ1) is 16.0. The van der Waals surface area contributed by atoms with Gasteiger partial charge in [0.1, 0.15) is 17.3 Å². The van der Waals surface area contributed by atoms with Crippen molar-refractivity contribution >= 4 is 28.3 Å². The fourth-order valence-corrected chi connectivity index (χ4v) is 2.52. The van der Waals surface area contributed by atoms with Gasteiger partial charge in [-0.25, -0.2) is 13.8 Å². The molecule has 2 amide bonds. The quantitative estimate of drug-likeness (QED) is 0.908. The van der Waals surface area contributed by atoms with E-state index >= 15 is 0 Å². The minimum absolute atomic E-state index is 0.0469. The van der Waals surface area contributed by atoms with Crippen LogP contribution in [0.5, 0.6) is 0 Å². The lowest BCUT2D eigenvalue weighted by atomic mass is 10.1. The van der Waals surface area contributed by atoms with Crippen LogP contribution in [0.2, 0.25) is 0 Å². The molecule has 0 fully saturated rings. The summed E-state index contributed by atoms with van der Waals surface area (Å²) in [5, 5.41) is 6.75. The number of aromatic nitrogens is 1. The fourth-order valence-electron chi connectivity index (χ4n) is 1.78. The lowest BCUT2D eigenvalue weighted by molar-refractivity contribution is -0.114. The summed E-state index contributed by atoms with van der Waals surface area (Å²) in [6.45, 7) is 2.87. The van der Waals surface area contributed by atoms with Gasteiger partial charge in [-0.05, 0) is 25.1 Å². The van der Waals surface area contributed by atoms with E-state index in [0.717, 1.165) is 29.5 Å². The lowest BCUT2D eigenvalue weighted by Crippen LogP contribution is -2.27. The van der Waals surface area contributed by atoms with Crippen molar-refractivity contribution in [2.45, 2.75) is 19.9 Å². The van der Waals surface area contributed by atoms with E-state index in [1.165, 1.54) is 19.2 Å². The highest BCUT2D eigenvalue weighted by Crippen LogP contribution is 2.20. The smallest absolute Gasteiger partial charge is 0.271 e. The Hall–Kier alpha value is -2.35. The normalized spacial score (nSPS) is 11.8. The molecule has 1 unspecified atom stereocenters. The van der Waals surface area contributed by atoms with Crippen LogP contribution in [-0.4, -0.2) is 16.8 Å². The second-order valence-corrected chi connectivity index (χ2v) is 5.44. The number of halogens is 2. The zero-order valence-corrected chi connectivity index (χ0v) is 12.6. The molecule has 1 aromatic carbocycles. The van der Waals surface area contributed by atoms with Gasteiger partial charge >= 0.3 is 0 Å². The van der Waals surface area contributed by atoms with Gasteiger partial charge in [-0.1, -0.05) is 0 Å². The molecule has 2 N–H and O–H groups in total. The van der Waals surface area contributed by atoms with E-state index in [0.29, 0.717) is 5.13 Å². The van der Waals surface area contributed by atoms with Crippen molar-refractivity contribution in [2.75, 3.05) is 5.32 Å². The van der Waals surface area contributed by atoms with Gasteiger partial charge in [0, 0.05) is 17.9 Å². The molecule has 1 atom stereocenters. The molecule has 0 saturated carbocycles. The largest absolute Gasteiger partial charge is 0.344 e. The average Bonchev–Trinajstić information content (AvgIpc) is 2.89. The van der Waals surface area contributed by atoms with Gasteiger partial charge in [-0.3, -0.25) is 9.59 Å². The van der Waals surface area contributed by atoms with Crippen LogP contribution in [0.1, 0.15) is 35.9 Å². The molecule has 0 spiro atoms. The maximum Gasteiger partial charge on any atom is 0.271 e. The Morgan fingerprint density at radius 2 is 2.05 bits per heavy atom. The Labute approximate surface area is 129 Å². The van der Waals surface area contributed by atoms with Crippen LogP contribution in [0.25, 0.3) is 0 Å². The number of carbonyl (C=O) groups is 2. The molecule has 116 valence electrons. The molecule has 8 heteroatoms. The Morgan fingerprint density at radius 1 is 1.32 bits per heavy atom. The van der Waals surface area contributed by atoms with Crippen LogP contribution in [0, 0.1) is 11.6 Å². The molecule has 0 aliphatic carbocycles. The van der Waals surface area contributed by atoms with Crippen LogP contribution in [0.4, 0.5) is 13.9 Å². The molecule has 0 bridgehead atoms. The minimum Gasteiger partial charge on any atom is -0.344 e. The summed E-state index contributed by atoms with van der Waals surface area (Å²) in [4.78, 5) is 26.9. The highest BCUT2D eigenvalue weighted by Gasteiger charge is 2.17. The second kappa shape index (κ2) is 6.61. The van der Waals surface area contributed by atoms with Gasteiger partial charge < -0.3 is 10.6 Å². The molecule has 5 nitrogen and oxygen atoms in total. The van der Waals surface area contributed by atoms with E-state index in [1.54, 1.807) is 0 Å². The molecular weight excluding hydrogens is 312 g/mol. The molecule has 0 radical (unpaired) electrons. The number of carbonyl (C=O) groups excluding carboxylic acids is 2. The Bertz CT molecular complexity index is 718. The Balaban J connectivity index is 2.09. The zero-order valence-electron chi connectivity index (χ0n) is 11.8. The number of thiazole rings is 1. The number of rotatable bonds is 4. The zero-order chi connectivity index (χ0) is 16.3. The van der Waals surface area contributed by atoms with Gasteiger partial charge in [0.15, 0.2) is 5.13 Å². The van der Waals surface area contributed by atoms with Crippen molar-refractivity contribution < 1.29 is 18.4 Å². The molecule has 0 saturated heterocycles. The van der Waals surface area contributed by atoms with Crippen molar-refractivity contribution in [2.24, 2.45) is 0 Å². The van der Waals surface area contributed by atoms with Gasteiger partial charge in [0.2, 0.25) is 5.91 Å². The maximum absolute atomic E-state index is 13.6. The first-order chi connectivity index (χ1) is 10.4. The highest BCUT2D eigenvalue weighted by molar-refractivity contribution is 7.14. The number of anilines is 1. The monoisotopic (exact) mass is 325 g/mol.